The SMILES string of the molecule is CCCn1c(=O)[nH]c2ccc(C(=O)c3nc(-c4cccc(CN)c4)c4ccccn34)cc2c1=O. The summed E-state index contributed by atoms with van der Waals surface area (Å²) in [4.78, 5) is 46.1. The van der Waals surface area contributed by atoms with Crippen molar-refractivity contribution in [1.29, 1.82) is 0 Å². The second-order valence-corrected chi connectivity index (χ2v) is 8.12. The Labute approximate surface area is 194 Å². The Kier molecular flexibility index (Phi) is 5.43. The van der Waals surface area contributed by atoms with Crippen LogP contribution in [0.4, 0.5) is 0 Å². The highest BCUT2D eigenvalue weighted by atomic mass is 16.2. The second kappa shape index (κ2) is 8.57. The van der Waals surface area contributed by atoms with Gasteiger partial charge < -0.3 is 10.7 Å². The average molecular weight is 454 g/mol. The van der Waals surface area contributed by atoms with Gasteiger partial charge in [-0.3, -0.25) is 18.6 Å². The zero-order valence-electron chi connectivity index (χ0n) is 18.6. The molecule has 34 heavy (non-hydrogen) atoms. The molecule has 0 amide bonds. The molecule has 3 heterocycles. The largest absolute Gasteiger partial charge is 0.328 e. The number of nitrogens with zero attached hydrogens (tertiary/aromatic N) is 3. The molecule has 5 aromatic rings. The van der Waals surface area contributed by atoms with E-state index in [1.807, 2.05) is 49.4 Å². The molecule has 8 heteroatoms. The van der Waals surface area contributed by atoms with Crippen LogP contribution >= 0.6 is 0 Å². The summed E-state index contributed by atoms with van der Waals surface area (Å²) < 4.78 is 2.91. The van der Waals surface area contributed by atoms with E-state index in [0.717, 1.165) is 21.2 Å². The molecule has 0 aliphatic carbocycles. The lowest BCUT2D eigenvalue weighted by atomic mass is 10.1. The minimum absolute atomic E-state index is 0.237. The first-order valence-corrected chi connectivity index (χ1v) is 11.1. The lowest BCUT2D eigenvalue weighted by molar-refractivity contribution is 0.102. The van der Waals surface area contributed by atoms with Crippen LogP contribution in [0.15, 0.2) is 76.4 Å². The van der Waals surface area contributed by atoms with Crippen LogP contribution in [0, 0.1) is 0 Å². The van der Waals surface area contributed by atoms with E-state index in [0.29, 0.717) is 36.3 Å². The number of imidazole rings is 1. The topological polar surface area (TPSA) is 115 Å². The first kappa shape index (κ1) is 21.5. The number of hydrogen-bond acceptors (Lipinski definition) is 5. The van der Waals surface area contributed by atoms with Crippen LogP contribution in [-0.2, 0) is 13.1 Å². The molecular formula is C26H23N5O3. The molecule has 3 N–H and O–H groups in total. The molecule has 0 bridgehead atoms. The number of H-pyrrole nitrogens is 1. The summed E-state index contributed by atoms with van der Waals surface area (Å²) in [7, 11) is 0. The number of nitrogens with one attached hydrogen (secondary N) is 1. The molecule has 0 radical (unpaired) electrons. The summed E-state index contributed by atoms with van der Waals surface area (Å²) in [6.07, 6.45) is 2.43. The number of aromatic nitrogens is 4. The summed E-state index contributed by atoms with van der Waals surface area (Å²) in [5, 5.41) is 0.288. The minimum atomic E-state index is -0.456. The number of carbonyl (C=O) groups is 1. The highest BCUT2D eigenvalue weighted by Gasteiger charge is 2.21. The Morgan fingerprint density at radius 2 is 1.91 bits per heavy atom. The molecule has 8 nitrogen and oxygen atoms in total. The fraction of sp³-hybridized carbons (Fsp3) is 0.154. The molecular weight excluding hydrogens is 430 g/mol. The molecule has 5 rings (SSSR count). The summed E-state index contributed by atoms with van der Waals surface area (Å²) in [5.74, 6) is -0.0848. The number of hydrogen-bond donors (Lipinski definition) is 2. The molecule has 0 unspecified atom stereocenters. The Hall–Kier alpha value is -4.30. The maximum Gasteiger partial charge on any atom is 0.328 e. The third-order valence-electron chi connectivity index (χ3n) is 5.88. The minimum Gasteiger partial charge on any atom is -0.326 e. The maximum atomic E-state index is 13.6. The van der Waals surface area contributed by atoms with E-state index >= 15 is 0 Å². The van der Waals surface area contributed by atoms with Gasteiger partial charge in [0, 0.05) is 30.4 Å². The average Bonchev–Trinajstić information content (AvgIpc) is 3.26. The van der Waals surface area contributed by atoms with Gasteiger partial charge in [0.15, 0.2) is 5.82 Å². The highest BCUT2D eigenvalue weighted by Crippen LogP contribution is 2.27. The van der Waals surface area contributed by atoms with Crippen LogP contribution < -0.4 is 17.0 Å². The Bertz CT molecular complexity index is 1680. The van der Waals surface area contributed by atoms with Gasteiger partial charge in [-0.2, -0.15) is 0 Å². The lowest BCUT2D eigenvalue weighted by Crippen LogP contribution is -2.35. The van der Waals surface area contributed by atoms with Gasteiger partial charge in [-0.05, 0) is 48.4 Å². The lowest BCUT2D eigenvalue weighted by Gasteiger charge is -2.06. The van der Waals surface area contributed by atoms with Gasteiger partial charge in [0.25, 0.3) is 5.56 Å². The summed E-state index contributed by atoms with van der Waals surface area (Å²) >= 11 is 0. The monoisotopic (exact) mass is 453 g/mol. The number of carbonyl (C=O) groups excluding carboxylic acids is 1. The second-order valence-electron chi connectivity index (χ2n) is 8.12. The first-order valence-electron chi connectivity index (χ1n) is 11.1. The summed E-state index contributed by atoms with van der Waals surface area (Å²) in [6.45, 7) is 2.60. The van der Waals surface area contributed by atoms with Crippen molar-refractivity contribution in [2.45, 2.75) is 26.4 Å². The zero-order chi connectivity index (χ0) is 23.8. The van der Waals surface area contributed by atoms with Crippen molar-refractivity contribution in [2.24, 2.45) is 5.73 Å². The maximum absolute atomic E-state index is 13.6. The normalized spacial score (nSPS) is 11.4. The van der Waals surface area contributed by atoms with E-state index in [1.54, 1.807) is 22.7 Å². The van der Waals surface area contributed by atoms with Gasteiger partial charge in [0.2, 0.25) is 5.78 Å². The van der Waals surface area contributed by atoms with Crippen LogP contribution in [0.3, 0.4) is 0 Å². The van der Waals surface area contributed by atoms with E-state index in [4.69, 9.17) is 10.7 Å². The van der Waals surface area contributed by atoms with Crippen molar-refractivity contribution < 1.29 is 4.79 Å². The van der Waals surface area contributed by atoms with E-state index in [-0.39, 0.29) is 17.0 Å². The van der Waals surface area contributed by atoms with Gasteiger partial charge >= 0.3 is 5.69 Å². The van der Waals surface area contributed by atoms with Crippen molar-refractivity contribution in [2.75, 3.05) is 0 Å². The van der Waals surface area contributed by atoms with E-state index < -0.39 is 11.2 Å². The smallest absolute Gasteiger partial charge is 0.326 e. The summed E-state index contributed by atoms with van der Waals surface area (Å²) in [6, 6.07) is 18.1. The van der Waals surface area contributed by atoms with E-state index in [2.05, 4.69) is 4.98 Å². The van der Waals surface area contributed by atoms with Crippen molar-refractivity contribution in [3.05, 3.63) is 105 Å². The highest BCUT2D eigenvalue weighted by molar-refractivity contribution is 6.09. The molecule has 0 spiro atoms. The fourth-order valence-electron chi connectivity index (χ4n) is 4.20. The van der Waals surface area contributed by atoms with Gasteiger partial charge in [0.05, 0.1) is 22.1 Å². The zero-order valence-corrected chi connectivity index (χ0v) is 18.6. The molecule has 170 valence electrons. The molecule has 0 aliphatic rings. The molecule has 3 aromatic heterocycles. The van der Waals surface area contributed by atoms with Gasteiger partial charge in [-0.1, -0.05) is 31.2 Å². The molecule has 0 atom stereocenters. The van der Waals surface area contributed by atoms with Crippen LogP contribution in [0.2, 0.25) is 0 Å². The van der Waals surface area contributed by atoms with E-state index in [9.17, 15) is 14.4 Å². The molecule has 0 fully saturated rings. The number of aromatic amines is 1. The van der Waals surface area contributed by atoms with Gasteiger partial charge in [-0.15, -0.1) is 0 Å². The van der Waals surface area contributed by atoms with Crippen LogP contribution in [0.25, 0.3) is 27.7 Å². The van der Waals surface area contributed by atoms with E-state index in [1.165, 1.54) is 6.07 Å². The predicted molar refractivity (Wildman–Crippen MR) is 131 cm³/mol. The van der Waals surface area contributed by atoms with Crippen molar-refractivity contribution >= 4 is 22.2 Å². The molecule has 0 saturated heterocycles. The Morgan fingerprint density at radius 1 is 1.06 bits per heavy atom. The van der Waals surface area contributed by atoms with Crippen molar-refractivity contribution in [3.8, 4) is 11.3 Å². The van der Waals surface area contributed by atoms with Gasteiger partial charge in [-0.25, -0.2) is 9.78 Å². The number of rotatable bonds is 6. The Balaban J connectivity index is 1.67. The standard InChI is InChI=1S/C26H23N5O3/c1-2-11-31-25(33)19-14-18(9-10-20(19)28-26(31)34)23(32)24-29-22(21-8-3-4-12-30(21)24)17-7-5-6-16(13-17)15-27/h3-10,12-14H,2,11,15,27H2,1H3,(H,28,34). The molecule has 0 aliphatic heterocycles. The molecule has 0 saturated carbocycles. The fourth-order valence-corrected chi connectivity index (χ4v) is 4.20. The van der Waals surface area contributed by atoms with Crippen molar-refractivity contribution in [1.82, 2.24) is 18.9 Å². The Morgan fingerprint density at radius 3 is 2.71 bits per heavy atom. The van der Waals surface area contributed by atoms with Gasteiger partial charge in [0.1, 0.15) is 0 Å². The molecule has 2 aromatic carbocycles. The predicted octanol–water partition coefficient (Wildman–Crippen LogP) is 3.10. The summed E-state index contributed by atoms with van der Waals surface area (Å²) in [5.41, 5.74) is 8.94. The third-order valence-corrected chi connectivity index (χ3v) is 5.88. The number of ketones is 1. The quantitative estimate of drug-likeness (QED) is 0.383. The number of pyridine rings is 1. The van der Waals surface area contributed by atoms with Crippen LogP contribution in [0.1, 0.15) is 35.1 Å². The van der Waals surface area contributed by atoms with Crippen LogP contribution in [0.5, 0.6) is 0 Å². The number of nitrogens with two attached hydrogens (primary N) is 1. The van der Waals surface area contributed by atoms with Crippen LogP contribution in [-0.4, -0.2) is 24.7 Å². The van der Waals surface area contributed by atoms with Crippen molar-refractivity contribution in [3.63, 3.8) is 0 Å². The third kappa shape index (κ3) is 3.54. The number of fused-ring (bicyclic) bond motifs is 2. The number of benzene rings is 2. The first-order chi connectivity index (χ1) is 16.5.